The van der Waals surface area contributed by atoms with Crippen molar-refractivity contribution in [1.82, 2.24) is 4.90 Å². The Labute approximate surface area is 166 Å². The zero-order chi connectivity index (χ0) is 19.7. The Morgan fingerprint density at radius 1 is 1.25 bits per heavy atom. The lowest BCUT2D eigenvalue weighted by Gasteiger charge is -2.25. The van der Waals surface area contributed by atoms with Crippen LogP contribution < -0.4 is 10.1 Å². The molecule has 2 aliphatic rings. The third-order valence-electron chi connectivity index (χ3n) is 4.34. The van der Waals surface area contributed by atoms with Crippen LogP contribution in [0.15, 0.2) is 58.5 Å². The van der Waals surface area contributed by atoms with Crippen LogP contribution in [0.5, 0.6) is 5.75 Å². The van der Waals surface area contributed by atoms with Crippen LogP contribution in [0.25, 0.3) is 0 Å². The Kier molecular flexibility index (Phi) is 4.87. The quantitative estimate of drug-likeness (QED) is 0.864. The normalized spacial score (nSPS) is 17.4. The van der Waals surface area contributed by atoms with Gasteiger partial charge in [0, 0.05) is 17.3 Å². The molecule has 1 N–H and O–H groups in total. The maximum absolute atomic E-state index is 12.6. The molecule has 2 aromatic carbocycles. The van der Waals surface area contributed by atoms with Crippen molar-refractivity contribution in [2.24, 2.45) is 9.98 Å². The third kappa shape index (κ3) is 3.38. The summed E-state index contributed by atoms with van der Waals surface area (Å²) in [6.07, 6.45) is 0. The van der Waals surface area contributed by atoms with E-state index in [2.05, 4.69) is 15.3 Å². The smallest absolute Gasteiger partial charge is 0.258 e. The summed E-state index contributed by atoms with van der Waals surface area (Å²) in [5, 5.41) is 3.29. The number of ether oxygens (including phenoxy) is 1. The highest BCUT2D eigenvalue weighted by atomic mass is 32.2. The van der Waals surface area contributed by atoms with Gasteiger partial charge in [0.25, 0.3) is 5.91 Å². The van der Waals surface area contributed by atoms with Crippen LogP contribution in [0, 0.1) is 0 Å². The summed E-state index contributed by atoms with van der Waals surface area (Å²) >= 11 is 1.21. The monoisotopic (exact) mass is 394 g/mol. The molecule has 0 aliphatic carbocycles. The SMILES string of the molecule is COc1cccc(NC(=O)CSC2=Nc3ccccc3C3=N[C@H](C)C(=O)N23)c1. The number of nitrogens with one attached hydrogen (secondary N) is 1. The van der Waals surface area contributed by atoms with Crippen molar-refractivity contribution in [3.8, 4) is 5.75 Å². The molecule has 0 bridgehead atoms. The lowest BCUT2D eigenvalue weighted by molar-refractivity contribution is -0.124. The molecule has 0 unspecified atom stereocenters. The van der Waals surface area contributed by atoms with Gasteiger partial charge in [-0.05, 0) is 31.2 Å². The van der Waals surface area contributed by atoms with Gasteiger partial charge in [0.05, 0.1) is 18.6 Å². The molecule has 0 saturated carbocycles. The summed E-state index contributed by atoms with van der Waals surface area (Å²) in [5.74, 6) is 1.04. The Bertz CT molecular complexity index is 1020. The number of hydrogen-bond donors (Lipinski definition) is 1. The van der Waals surface area contributed by atoms with Gasteiger partial charge in [-0.2, -0.15) is 0 Å². The van der Waals surface area contributed by atoms with Crippen LogP contribution >= 0.6 is 11.8 Å². The summed E-state index contributed by atoms with van der Waals surface area (Å²) in [6, 6.07) is 14.2. The average molecular weight is 394 g/mol. The molecule has 2 heterocycles. The minimum atomic E-state index is -0.461. The number of methoxy groups -OCH3 is 1. The number of amidine groups is 2. The number of carbonyl (C=O) groups excluding carboxylic acids is 2. The summed E-state index contributed by atoms with van der Waals surface area (Å²) in [6.45, 7) is 1.76. The lowest BCUT2D eigenvalue weighted by Crippen LogP contribution is -2.41. The van der Waals surface area contributed by atoms with E-state index in [0.29, 0.717) is 22.4 Å². The fourth-order valence-corrected chi connectivity index (χ4v) is 3.80. The van der Waals surface area contributed by atoms with E-state index in [4.69, 9.17) is 4.74 Å². The van der Waals surface area contributed by atoms with E-state index in [0.717, 1.165) is 11.3 Å². The van der Waals surface area contributed by atoms with Crippen LogP contribution in [-0.4, -0.2) is 46.6 Å². The average Bonchev–Trinajstić information content (AvgIpc) is 3.01. The topological polar surface area (TPSA) is 83.4 Å². The zero-order valence-electron chi connectivity index (χ0n) is 15.4. The Morgan fingerprint density at radius 2 is 2.07 bits per heavy atom. The molecule has 7 nitrogen and oxygen atoms in total. The molecular formula is C20H18N4O3S. The molecule has 8 heteroatoms. The molecule has 0 aromatic heterocycles. The highest BCUT2D eigenvalue weighted by Gasteiger charge is 2.39. The van der Waals surface area contributed by atoms with Gasteiger partial charge in [-0.25, -0.2) is 9.89 Å². The van der Waals surface area contributed by atoms with Gasteiger partial charge in [0.1, 0.15) is 17.6 Å². The molecule has 2 amide bonds. The van der Waals surface area contributed by atoms with Gasteiger partial charge in [-0.15, -0.1) is 0 Å². The Morgan fingerprint density at radius 3 is 2.89 bits per heavy atom. The van der Waals surface area contributed by atoms with Gasteiger partial charge >= 0.3 is 0 Å². The number of para-hydroxylation sites is 1. The van der Waals surface area contributed by atoms with Crippen molar-refractivity contribution in [3.63, 3.8) is 0 Å². The van der Waals surface area contributed by atoms with Crippen molar-refractivity contribution >= 4 is 46.0 Å². The van der Waals surface area contributed by atoms with Crippen LogP contribution in [-0.2, 0) is 9.59 Å². The summed E-state index contributed by atoms with van der Waals surface area (Å²) in [7, 11) is 1.57. The predicted octanol–water partition coefficient (Wildman–Crippen LogP) is 3.05. The predicted molar refractivity (Wildman–Crippen MR) is 110 cm³/mol. The van der Waals surface area contributed by atoms with Crippen molar-refractivity contribution in [1.29, 1.82) is 0 Å². The number of rotatable bonds is 4. The van der Waals surface area contributed by atoms with E-state index in [1.54, 1.807) is 38.3 Å². The molecule has 0 fully saturated rings. The number of aliphatic imine (C=N–C) groups is 2. The van der Waals surface area contributed by atoms with Crippen molar-refractivity contribution < 1.29 is 14.3 Å². The Hall–Kier alpha value is -3.13. The van der Waals surface area contributed by atoms with Gasteiger partial charge in [0.15, 0.2) is 5.17 Å². The van der Waals surface area contributed by atoms with E-state index in [9.17, 15) is 9.59 Å². The minimum Gasteiger partial charge on any atom is -0.497 e. The van der Waals surface area contributed by atoms with E-state index in [1.165, 1.54) is 16.7 Å². The summed E-state index contributed by atoms with van der Waals surface area (Å²) in [4.78, 5) is 35.5. The standard InChI is InChI=1S/C20H18N4O3S/c1-12-19(26)24-18(21-12)15-8-3-4-9-16(15)23-20(24)28-11-17(25)22-13-6-5-7-14(10-13)27-2/h3-10,12H,11H2,1-2H3,(H,22,25)/t12-/m1/s1. The molecule has 2 aromatic rings. The second-order valence-corrected chi connectivity index (χ2v) is 7.23. The molecule has 0 saturated heterocycles. The number of nitrogens with zero attached hydrogens (tertiary/aromatic N) is 3. The number of benzene rings is 2. The number of anilines is 1. The van der Waals surface area contributed by atoms with E-state index >= 15 is 0 Å². The van der Waals surface area contributed by atoms with Crippen LogP contribution in [0.3, 0.4) is 0 Å². The van der Waals surface area contributed by atoms with Gasteiger partial charge in [-0.1, -0.05) is 30.0 Å². The maximum Gasteiger partial charge on any atom is 0.258 e. The molecule has 0 spiro atoms. The van der Waals surface area contributed by atoms with Crippen molar-refractivity contribution in [2.75, 3.05) is 18.2 Å². The molecule has 28 heavy (non-hydrogen) atoms. The Balaban J connectivity index is 1.51. The van der Waals surface area contributed by atoms with Crippen LogP contribution in [0.2, 0.25) is 0 Å². The fourth-order valence-electron chi connectivity index (χ4n) is 3.00. The summed E-state index contributed by atoms with van der Waals surface area (Å²) in [5.41, 5.74) is 2.22. The minimum absolute atomic E-state index is 0.115. The third-order valence-corrected chi connectivity index (χ3v) is 5.28. The van der Waals surface area contributed by atoms with Gasteiger partial charge < -0.3 is 10.1 Å². The second kappa shape index (κ2) is 7.47. The first-order valence-corrected chi connectivity index (χ1v) is 9.72. The van der Waals surface area contributed by atoms with E-state index in [-0.39, 0.29) is 17.6 Å². The first-order valence-electron chi connectivity index (χ1n) is 8.73. The first-order chi connectivity index (χ1) is 13.6. The molecular weight excluding hydrogens is 376 g/mol. The van der Waals surface area contributed by atoms with E-state index in [1.807, 2.05) is 24.3 Å². The lowest BCUT2D eigenvalue weighted by atomic mass is 10.1. The zero-order valence-corrected chi connectivity index (χ0v) is 16.2. The first kappa shape index (κ1) is 18.2. The van der Waals surface area contributed by atoms with Crippen molar-refractivity contribution in [2.45, 2.75) is 13.0 Å². The number of amides is 2. The largest absolute Gasteiger partial charge is 0.497 e. The van der Waals surface area contributed by atoms with Gasteiger partial charge in [-0.3, -0.25) is 14.6 Å². The highest BCUT2D eigenvalue weighted by molar-refractivity contribution is 8.14. The maximum atomic E-state index is 12.6. The second-order valence-electron chi connectivity index (χ2n) is 6.28. The molecule has 4 rings (SSSR count). The number of fused-ring (bicyclic) bond motifs is 3. The molecule has 2 aliphatic heterocycles. The number of thioether (sulfide) groups is 1. The van der Waals surface area contributed by atoms with Gasteiger partial charge in [0.2, 0.25) is 5.91 Å². The van der Waals surface area contributed by atoms with Crippen molar-refractivity contribution in [3.05, 3.63) is 54.1 Å². The molecule has 1 atom stereocenters. The molecule has 142 valence electrons. The van der Waals surface area contributed by atoms with E-state index < -0.39 is 6.04 Å². The molecule has 0 radical (unpaired) electrons. The highest BCUT2D eigenvalue weighted by Crippen LogP contribution is 2.33. The number of carbonyl (C=O) groups is 2. The van der Waals surface area contributed by atoms with Crippen LogP contribution in [0.1, 0.15) is 12.5 Å². The number of hydrogen-bond acceptors (Lipinski definition) is 6. The fraction of sp³-hybridized carbons (Fsp3) is 0.200. The van der Waals surface area contributed by atoms with Crippen LogP contribution in [0.4, 0.5) is 11.4 Å². The summed E-state index contributed by atoms with van der Waals surface area (Å²) < 4.78 is 5.16.